The summed E-state index contributed by atoms with van der Waals surface area (Å²) in [5.74, 6) is -1.86. The van der Waals surface area contributed by atoms with Gasteiger partial charge in [-0.25, -0.2) is 8.42 Å². The lowest BCUT2D eigenvalue weighted by molar-refractivity contribution is -0.141. The van der Waals surface area contributed by atoms with Crippen molar-refractivity contribution in [1.82, 2.24) is 0 Å². The van der Waals surface area contributed by atoms with E-state index in [-0.39, 0.29) is 17.1 Å². The van der Waals surface area contributed by atoms with Gasteiger partial charge in [-0.1, -0.05) is 13.0 Å². The van der Waals surface area contributed by atoms with Crippen LogP contribution < -0.4 is 0 Å². The van der Waals surface area contributed by atoms with Crippen molar-refractivity contribution in [3.05, 3.63) is 23.8 Å². The molecule has 0 spiro atoms. The minimum atomic E-state index is -3.46. The first kappa shape index (κ1) is 13.5. The molecule has 1 aromatic carbocycles. The standard InChI is InChI=1S/C11H14O5S/c1-7(11(13)14)5-8-3-4-10(9(12)6-8)17(2,15)16/h3-4,6-7,12H,5H2,1-2H3,(H,13,14). The van der Waals surface area contributed by atoms with Crippen molar-refractivity contribution in [2.24, 2.45) is 5.92 Å². The molecule has 0 bridgehead atoms. The molecule has 2 N–H and O–H groups in total. The number of phenols is 1. The number of carboxylic acids is 1. The number of sulfone groups is 1. The predicted molar refractivity (Wildman–Crippen MR) is 61.7 cm³/mol. The number of hydrogen-bond donors (Lipinski definition) is 2. The van der Waals surface area contributed by atoms with Crippen molar-refractivity contribution >= 4 is 15.8 Å². The Labute approximate surface area is 99.6 Å². The van der Waals surface area contributed by atoms with Crippen LogP contribution in [0.5, 0.6) is 5.75 Å². The van der Waals surface area contributed by atoms with E-state index in [1.807, 2.05) is 0 Å². The molecular weight excluding hydrogens is 244 g/mol. The first-order chi connectivity index (χ1) is 7.71. The first-order valence-corrected chi connectivity index (χ1v) is 6.85. The summed E-state index contributed by atoms with van der Waals surface area (Å²) in [4.78, 5) is 10.5. The van der Waals surface area contributed by atoms with Crippen LogP contribution in [0.25, 0.3) is 0 Å². The van der Waals surface area contributed by atoms with Crippen LogP contribution >= 0.6 is 0 Å². The van der Waals surface area contributed by atoms with Crippen molar-refractivity contribution in [3.63, 3.8) is 0 Å². The summed E-state index contributed by atoms with van der Waals surface area (Å²) in [6.07, 6.45) is 1.24. The average Bonchev–Trinajstić information content (AvgIpc) is 2.15. The highest BCUT2D eigenvalue weighted by atomic mass is 32.2. The van der Waals surface area contributed by atoms with Gasteiger partial charge in [0.15, 0.2) is 9.84 Å². The Bertz CT molecular complexity index is 533. The van der Waals surface area contributed by atoms with Crippen LogP contribution in [-0.4, -0.2) is 30.9 Å². The van der Waals surface area contributed by atoms with Crippen LogP contribution in [0.2, 0.25) is 0 Å². The van der Waals surface area contributed by atoms with Crippen LogP contribution in [0.3, 0.4) is 0 Å². The van der Waals surface area contributed by atoms with Gasteiger partial charge in [0.1, 0.15) is 10.6 Å². The summed E-state index contributed by atoms with van der Waals surface area (Å²) in [5, 5.41) is 18.3. The summed E-state index contributed by atoms with van der Waals surface area (Å²) in [7, 11) is -3.46. The fraction of sp³-hybridized carbons (Fsp3) is 0.364. The highest BCUT2D eigenvalue weighted by molar-refractivity contribution is 7.90. The third-order valence-electron chi connectivity index (χ3n) is 2.39. The lowest BCUT2D eigenvalue weighted by atomic mass is 10.0. The molecule has 0 aliphatic rings. The second kappa shape index (κ2) is 4.75. The van der Waals surface area contributed by atoms with Gasteiger partial charge in [0.2, 0.25) is 0 Å². The Morgan fingerprint density at radius 3 is 2.41 bits per heavy atom. The summed E-state index contributed by atoms with van der Waals surface area (Å²) in [6.45, 7) is 1.55. The lowest BCUT2D eigenvalue weighted by Crippen LogP contribution is -2.12. The van der Waals surface area contributed by atoms with E-state index in [9.17, 15) is 18.3 Å². The Balaban J connectivity index is 3.02. The molecule has 17 heavy (non-hydrogen) atoms. The molecule has 0 aliphatic carbocycles. The van der Waals surface area contributed by atoms with Crippen molar-refractivity contribution in [2.45, 2.75) is 18.2 Å². The van der Waals surface area contributed by atoms with Crippen molar-refractivity contribution < 1.29 is 23.4 Å². The molecule has 5 nitrogen and oxygen atoms in total. The fourth-order valence-electron chi connectivity index (χ4n) is 1.44. The maximum atomic E-state index is 11.2. The summed E-state index contributed by atoms with van der Waals surface area (Å²) in [6, 6.07) is 4.08. The molecular formula is C11H14O5S. The Hall–Kier alpha value is -1.56. The Morgan fingerprint density at radius 2 is 2.00 bits per heavy atom. The second-order valence-electron chi connectivity index (χ2n) is 4.02. The molecule has 1 aromatic rings. The Kier molecular flexibility index (Phi) is 3.77. The van der Waals surface area contributed by atoms with Gasteiger partial charge in [-0.2, -0.15) is 0 Å². The van der Waals surface area contributed by atoms with Crippen molar-refractivity contribution in [3.8, 4) is 5.75 Å². The molecule has 6 heteroatoms. The normalized spacial score (nSPS) is 13.3. The second-order valence-corrected chi connectivity index (χ2v) is 6.00. The molecule has 0 amide bonds. The van der Waals surface area contributed by atoms with Crippen LogP contribution in [0.15, 0.2) is 23.1 Å². The summed E-state index contributed by atoms with van der Waals surface area (Å²) >= 11 is 0. The molecule has 0 aromatic heterocycles. The largest absolute Gasteiger partial charge is 0.507 e. The number of phenolic OH excluding ortho intramolecular Hbond substituents is 1. The number of hydrogen-bond acceptors (Lipinski definition) is 4. The number of benzene rings is 1. The Morgan fingerprint density at radius 1 is 1.41 bits per heavy atom. The number of carbonyl (C=O) groups is 1. The van der Waals surface area contributed by atoms with Gasteiger partial charge in [0.25, 0.3) is 0 Å². The smallest absolute Gasteiger partial charge is 0.306 e. The number of carboxylic acid groups (broad SMARTS) is 1. The maximum Gasteiger partial charge on any atom is 0.306 e. The van der Waals surface area contributed by atoms with E-state index in [0.717, 1.165) is 6.26 Å². The number of aliphatic carboxylic acids is 1. The SMILES string of the molecule is CC(Cc1ccc(S(C)(=O)=O)c(O)c1)C(=O)O. The van der Waals surface area contributed by atoms with Crippen LogP contribution in [0, 0.1) is 5.92 Å². The number of rotatable bonds is 4. The van der Waals surface area contributed by atoms with Crippen molar-refractivity contribution in [1.29, 1.82) is 0 Å². The maximum absolute atomic E-state index is 11.2. The third kappa shape index (κ3) is 3.45. The fourth-order valence-corrected chi connectivity index (χ4v) is 2.20. The predicted octanol–water partition coefficient (Wildman–Crippen LogP) is 1.06. The minimum Gasteiger partial charge on any atom is -0.507 e. The average molecular weight is 258 g/mol. The van der Waals surface area contributed by atoms with Crippen LogP contribution in [0.1, 0.15) is 12.5 Å². The highest BCUT2D eigenvalue weighted by Gasteiger charge is 2.16. The van der Waals surface area contributed by atoms with E-state index >= 15 is 0 Å². The molecule has 1 rings (SSSR count). The monoisotopic (exact) mass is 258 g/mol. The molecule has 1 unspecified atom stereocenters. The molecule has 1 atom stereocenters. The van der Waals surface area contributed by atoms with Gasteiger partial charge >= 0.3 is 5.97 Å². The molecule has 0 fully saturated rings. The zero-order valence-corrected chi connectivity index (χ0v) is 10.4. The molecule has 0 saturated carbocycles. The zero-order valence-electron chi connectivity index (χ0n) is 9.54. The van der Waals surface area contributed by atoms with Crippen molar-refractivity contribution in [2.75, 3.05) is 6.26 Å². The van der Waals surface area contributed by atoms with Crippen LogP contribution in [-0.2, 0) is 21.1 Å². The van der Waals surface area contributed by atoms with Gasteiger partial charge < -0.3 is 10.2 Å². The molecule has 0 aliphatic heterocycles. The molecule has 0 radical (unpaired) electrons. The molecule has 94 valence electrons. The topological polar surface area (TPSA) is 91.7 Å². The highest BCUT2D eigenvalue weighted by Crippen LogP contribution is 2.24. The van der Waals surface area contributed by atoms with E-state index in [1.54, 1.807) is 6.92 Å². The summed E-state index contributed by atoms with van der Waals surface area (Å²) in [5.41, 5.74) is 0.588. The van der Waals surface area contributed by atoms with Gasteiger partial charge in [-0.15, -0.1) is 0 Å². The zero-order chi connectivity index (χ0) is 13.2. The summed E-state index contributed by atoms with van der Waals surface area (Å²) < 4.78 is 22.5. The molecule has 0 heterocycles. The van der Waals surface area contributed by atoms with Crippen LogP contribution in [0.4, 0.5) is 0 Å². The van der Waals surface area contributed by atoms with Gasteiger partial charge in [0, 0.05) is 6.26 Å². The van der Waals surface area contributed by atoms with E-state index in [1.165, 1.54) is 18.2 Å². The van der Waals surface area contributed by atoms with E-state index < -0.39 is 21.7 Å². The minimum absolute atomic E-state index is 0.149. The van der Waals surface area contributed by atoms with Gasteiger partial charge in [-0.05, 0) is 24.1 Å². The van der Waals surface area contributed by atoms with E-state index in [2.05, 4.69) is 0 Å². The number of aromatic hydroxyl groups is 1. The van der Waals surface area contributed by atoms with Gasteiger partial charge in [-0.3, -0.25) is 4.79 Å². The van der Waals surface area contributed by atoms with E-state index in [4.69, 9.17) is 5.11 Å². The first-order valence-electron chi connectivity index (χ1n) is 4.96. The quantitative estimate of drug-likeness (QED) is 0.842. The van der Waals surface area contributed by atoms with E-state index in [0.29, 0.717) is 5.56 Å². The lowest BCUT2D eigenvalue weighted by Gasteiger charge is -2.08. The molecule has 0 saturated heterocycles. The third-order valence-corrected chi connectivity index (χ3v) is 3.53. The van der Waals surface area contributed by atoms with Gasteiger partial charge in [0.05, 0.1) is 5.92 Å².